The molecule has 23 heavy (non-hydrogen) atoms. The zero-order valence-corrected chi connectivity index (χ0v) is 14.6. The second kappa shape index (κ2) is 9.71. The normalized spacial score (nSPS) is 21.1. The van der Waals surface area contributed by atoms with Gasteiger partial charge in [-0.05, 0) is 62.1 Å². The van der Waals surface area contributed by atoms with Crippen LogP contribution in [0.2, 0.25) is 0 Å². The zero-order chi connectivity index (χ0) is 16.5. The monoisotopic (exact) mass is 318 g/mol. The summed E-state index contributed by atoms with van der Waals surface area (Å²) in [6, 6.07) is 7.69. The number of aryl methyl sites for hydroxylation is 1. The van der Waals surface area contributed by atoms with Crippen molar-refractivity contribution in [3.63, 3.8) is 0 Å². The summed E-state index contributed by atoms with van der Waals surface area (Å²) < 4.78 is 0. The van der Waals surface area contributed by atoms with Crippen LogP contribution in [0.25, 0.3) is 0 Å². The number of hydrogen-bond donors (Lipinski definition) is 0. The van der Waals surface area contributed by atoms with Crippen molar-refractivity contribution in [1.82, 2.24) is 0 Å². The molecular weight excluding hydrogens is 288 g/mol. The quantitative estimate of drug-likeness (QED) is 0.362. The fraction of sp³-hybridized carbons (Fsp3) is 0.650. The van der Waals surface area contributed by atoms with Crippen molar-refractivity contribution in [2.75, 3.05) is 0 Å². The summed E-state index contributed by atoms with van der Waals surface area (Å²) in [4.78, 5) is 22.4. The Morgan fingerprint density at radius 3 is 2.35 bits per heavy atom. The van der Waals surface area contributed by atoms with Gasteiger partial charge in [-0.15, -0.1) is 0 Å². The van der Waals surface area contributed by atoms with Crippen LogP contribution < -0.4 is 0 Å². The molecule has 128 valence electrons. The highest BCUT2D eigenvalue weighted by Crippen LogP contribution is 2.28. The van der Waals surface area contributed by atoms with Gasteiger partial charge in [0.05, 0.1) is 5.56 Å². The first-order valence-electron chi connectivity index (χ1n) is 9.19. The number of rotatable bonds is 8. The third kappa shape index (κ3) is 5.98. The molecule has 0 radical (unpaired) electrons. The van der Waals surface area contributed by atoms with Gasteiger partial charge in [-0.25, -0.2) is 4.79 Å². The van der Waals surface area contributed by atoms with E-state index in [4.69, 9.17) is 9.78 Å². The van der Waals surface area contributed by atoms with Crippen LogP contribution in [0.5, 0.6) is 0 Å². The van der Waals surface area contributed by atoms with E-state index in [-0.39, 0.29) is 12.1 Å². The van der Waals surface area contributed by atoms with Gasteiger partial charge in [-0.1, -0.05) is 45.2 Å². The predicted octanol–water partition coefficient (Wildman–Crippen LogP) is 5.48. The summed E-state index contributed by atoms with van der Waals surface area (Å²) in [7, 11) is 0. The summed E-state index contributed by atoms with van der Waals surface area (Å²) in [5, 5.41) is 0. The maximum atomic E-state index is 12.0. The third-order valence-electron chi connectivity index (χ3n) is 4.89. The maximum Gasteiger partial charge on any atom is 0.373 e. The molecule has 0 amide bonds. The molecule has 0 spiro atoms. The SMILES string of the molecule is CCCCCc1ccc(C(=O)OOC2CCC(CC)CC2)cc1. The molecule has 1 aliphatic rings. The highest BCUT2D eigenvalue weighted by Gasteiger charge is 2.22. The molecule has 1 aromatic rings. The Kier molecular flexibility index (Phi) is 7.60. The molecule has 0 heterocycles. The van der Waals surface area contributed by atoms with Crippen molar-refractivity contribution in [3.05, 3.63) is 35.4 Å². The van der Waals surface area contributed by atoms with Gasteiger partial charge in [0, 0.05) is 0 Å². The van der Waals surface area contributed by atoms with E-state index in [1.165, 1.54) is 44.1 Å². The van der Waals surface area contributed by atoms with Crippen LogP contribution in [0.15, 0.2) is 24.3 Å². The minimum absolute atomic E-state index is 0.0649. The second-order valence-corrected chi connectivity index (χ2v) is 6.67. The van der Waals surface area contributed by atoms with Crippen LogP contribution in [0.1, 0.15) is 81.1 Å². The van der Waals surface area contributed by atoms with Crippen LogP contribution in [0.4, 0.5) is 0 Å². The molecule has 0 aliphatic heterocycles. The van der Waals surface area contributed by atoms with Crippen LogP contribution >= 0.6 is 0 Å². The lowest BCUT2D eigenvalue weighted by atomic mass is 9.86. The molecule has 1 aliphatic carbocycles. The number of unbranched alkanes of at least 4 members (excludes halogenated alkanes) is 2. The van der Waals surface area contributed by atoms with Crippen LogP contribution in [-0.4, -0.2) is 12.1 Å². The first kappa shape index (κ1) is 18.0. The van der Waals surface area contributed by atoms with Crippen molar-refractivity contribution >= 4 is 5.97 Å². The van der Waals surface area contributed by atoms with E-state index in [2.05, 4.69) is 13.8 Å². The van der Waals surface area contributed by atoms with E-state index < -0.39 is 0 Å². The fourth-order valence-corrected chi connectivity index (χ4v) is 3.18. The van der Waals surface area contributed by atoms with E-state index >= 15 is 0 Å². The molecule has 1 saturated carbocycles. The summed E-state index contributed by atoms with van der Waals surface area (Å²) in [6.07, 6.45) is 10.4. The second-order valence-electron chi connectivity index (χ2n) is 6.67. The van der Waals surface area contributed by atoms with Gasteiger partial charge in [-0.2, -0.15) is 4.89 Å². The molecule has 0 bridgehead atoms. The van der Waals surface area contributed by atoms with Crippen molar-refractivity contribution in [2.45, 2.75) is 77.7 Å². The number of carbonyl (C=O) groups excluding carboxylic acids is 1. The number of carbonyl (C=O) groups is 1. The van der Waals surface area contributed by atoms with Crippen molar-refractivity contribution in [1.29, 1.82) is 0 Å². The molecule has 2 rings (SSSR count). The van der Waals surface area contributed by atoms with Crippen LogP contribution in [0, 0.1) is 5.92 Å². The highest BCUT2D eigenvalue weighted by atomic mass is 17.2. The van der Waals surface area contributed by atoms with E-state index in [1.807, 2.05) is 24.3 Å². The lowest BCUT2D eigenvalue weighted by Crippen LogP contribution is -2.23. The number of hydrogen-bond acceptors (Lipinski definition) is 3. The Balaban J connectivity index is 1.73. The van der Waals surface area contributed by atoms with Crippen LogP contribution in [-0.2, 0) is 16.2 Å². The Morgan fingerprint density at radius 2 is 1.74 bits per heavy atom. The van der Waals surface area contributed by atoms with E-state index in [0.29, 0.717) is 5.56 Å². The molecule has 3 heteroatoms. The molecule has 0 saturated heterocycles. The lowest BCUT2D eigenvalue weighted by molar-refractivity contribution is -0.280. The minimum atomic E-state index is -0.386. The average Bonchev–Trinajstić information content (AvgIpc) is 2.61. The molecule has 0 aromatic heterocycles. The smallest absolute Gasteiger partial charge is 0.293 e. The van der Waals surface area contributed by atoms with Gasteiger partial charge in [-0.3, -0.25) is 4.89 Å². The van der Waals surface area contributed by atoms with Gasteiger partial charge in [0.25, 0.3) is 0 Å². The maximum absolute atomic E-state index is 12.0. The summed E-state index contributed by atoms with van der Waals surface area (Å²) in [6.45, 7) is 4.44. The standard InChI is InChI=1S/C20H30O3/c1-3-5-6-7-17-8-12-18(13-9-17)20(21)23-22-19-14-10-16(4-2)11-15-19/h8-9,12-13,16,19H,3-7,10-11,14-15H2,1-2H3. The third-order valence-corrected chi connectivity index (χ3v) is 4.89. The molecule has 1 fully saturated rings. The average molecular weight is 318 g/mol. The molecule has 0 atom stereocenters. The topological polar surface area (TPSA) is 35.5 Å². The summed E-state index contributed by atoms with van der Waals surface area (Å²) in [5.41, 5.74) is 1.83. The molecule has 0 N–H and O–H groups in total. The van der Waals surface area contributed by atoms with Gasteiger partial charge in [0.2, 0.25) is 0 Å². The van der Waals surface area contributed by atoms with E-state index in [1.54, 1.807) is 0 Å². The van der Waals surface area contributed by atoms with E-state index in [9.17, 15) is 4.79 Å². The lowest BCUT2D eigenvalue weighted by Gasteiger charge is -2.26. The largest absolute Gasteiger partial charge is 0.373 e. The van der Waals surface area contributed by atoms with Gasteiger partial charge < -0.3 is 0 Å². The number of benzene rings is 1. The first-order chi connectivity index (χ1) is 11.2. The minimum Gasteiger partial charge on any atom is -0.293 e. The van der Waals surface area contributed by atoms with Crippen LogP contribution in [0.3, 0.4) is 0 Å². The highest BCUT2D eigenvalue weighted by molar-refractivity contribution is 5.88. The Morgan fingerprint density at radius 1 is 1.04 bits per heavy atom. The van der Waals surface area contributed by atoms with Gasteiger partial charge in [0.1, 0.15) is 6.10 Å². The zero-order valence-electron chi connectivity index (χ0n) is 14.6. The van der Waals surface area contributed by atoms with Crippen molar-refractivity contribution in [2.24, 2.45) is 5.92 Å². The van der Waals surface area contributed by atoms with Crippen molar-refractivity contribution < 1.29 is 14.6 Å². The molecule has 3 nitrogen and oxygen atoms in total. The molecular formula is C20H30O3. The van der Waals surface area contributed by atoms with Gasteiger partial charge in [0.15, 0.2) is 0 Å². The van der Waals surface area contributed by atoms with E-state index in [0.717, 1.165) is 25.2 Å². The van der Waals surface area contributed by atoms with Crippen molar-refractivity contribution in [3.8, 4) is 0 Å². The summed E-state index contributed by atoms with van der Waals surface area (Å²) in [5.74, 6) is 0.425. The Bertz CT molecular complexity index is 458. The summed E-state index contributed by atoms with van der Waals surface area (Å²) >= 11 is 0. The Hall–Kier alpha value is -1.35. The molecule has 1 aromatic carbocycles. The predicted molar refractivity (Wildman–Crippen MR) is 92.2 cm³/mol. The van der Waals surface area contributed by atoms with Gasteiger partial charge >= 0.3 is 5.97 Å². The Labute approximate surface area is 140 Å². The fourth-order valence-electron chi connectivity index (χ4n) is 3.18. The first-order valence-corrected chi connectivity index (χ1v) is 9.19. The molecule has 0 unspecified atom stereocenters.